The van der Waals surface area contributed by atoms with Gasteiger partial charge in [-0.1, -0.05) is 28.1 Å². The topological polar surface area (TPSA) is 46.9 Å². The Morgan fingerprint density at radius 1 is 1.11 bits per heavy atom. The minimum atomic E-state index is -0.0911. The summed E-state index contributed by atoms with van der Waals surface area (Å²) in [5.41, 5.74) is 4.98. The number of carbonyl (C=O) groups is 1. The Balaban J connectivity index is 1.71. The molecule has 136 valence electrons. The molecular formula is C21H18BrN3OS. The number of aromatic nitrogens is 2. The van der Waals surface area contributed by atoms with Gasteiger partial charge in [-0.25, -0.2) is 4.68 Å². The molecule has 0 atom stereocenters. The number of hydrogen-bond acceptors (Lipinski definition) is 3. The first-order chi connectivity index (χ1) is 12.9. The van der Waals surface area contributed by atoms with Crippen LogP contribution in [0.2, 0.25) is 0 Å². The number of nitrogens with one attached hydrogen (secondary N) is 1. The van der Waals surface area contributed by atoms with Gasteiger partial charge in [0.25, 0.3) is 5.91 Å². The van der Waals surface area contributed by atoms with Crippen molar-refractivity contribution in [2.45, 2.75) is 20.8 Å². The molecule has 0 bridgehead atoms. The molecule has 0 spiro atoms. The van der Waals surface area contributed by atoms with Crippen LogP contribution in [0.3, 0.4) is 0 Å². The molecule has 2 heterocycles. The Hall–Kier alpha value is -2.44. The van der Waals surface area contributed by atoms with E-state index in [1.165, 1.54) is 11.3 Å². The third-order valence-corrected chi connectivity index (χ3v) is 6.33. The SMILES string of the molecule is Cc1cccc(NC(=O)c2cc3c(C)nn(-c4ccc(Br)cc4)c3s2)c1C. The van der Waals surface area contributed by atoms with Crippen LogP contribution in [0.4, 0.5) is 5.69 Å². The summed E-state index contributed by atoms with van der Waals surface area (Å²) >= 11 is 4.92. The number of amides is 1. The monoisotopic (exact) mass is 439 g/mol. The van der Waals surface area contributed by atoms with Crippen molar-refractivity contribution in [1.29, 1.82) is 0 Å². The van der Waals surface area contributed by atoms with E-state index in [4.69, 9.17) is 0 Å². The van der Waals surface area contributed by atoms with Crippen molar-refractivity contribution in [3.8, 4) is 5.69 Å². The summed E-state index contributed by atoms with van der Waals surface area (Å²) in [6.07, 6.45) is 0. The van der Waals surface area contributed by atoms with E-state index in [0.717, 1.165) is 42.9 Å². The normalized spacial score (nSPS) is 11.1. The number of hydrogen-bond donors (Lipinski definition) is 1. The van der Waals surface area contributed by atoms with Gasteiger partial charge in [-0.3, -0.25) is 4.79 Å². The van der Waals surface area contributed by atoms with Crippen molar-refractivity contribution in [1.82, 2.24) is 9.78 Å². The van der Waals surface area contributed by atoms with E-state index >= 15 is 0 Å². The maximum Gasteiger partial charge on any atom is 0.265 e. The minimum Gasteiger partial charge on any atom is -0.321 e. The molecule has 6 heteroatoms. The first kappa shape index (κ1) is 17.9. The summed E-state index contributed by atoms with van der Waals surface area (Å²) in [5, 5.41) is 8.69. The van der Waals surface area contributed by atoms with Gasteiger partial charge in [-0.15, -0.1) is 11.3 Å². The fraction of sp³-hybridized carbons (Fsp3) is 0.143. The first-order valence-electron chi connectivity index (χ1n) is 8.56. The Morgan fingerprint density at radius 2 is 1.85 bits per heavy atom. The zero-order valence-electron chi connectivity index (χ0n) is 15.2. The van der Waals surface area contributed by atoms with Crippen LogP contribution in [-0.4, -0.2) is 15.7 Å². The van der Waals surface area contributed by atoms with Crippen LogP contribution in [0.5, 0.6) is 0 Å². The maximum absolute atomic E-state index is 12.8. The quantitative estimate of drug-likeness (QED) is 0.423. The van der Waals surface area contributed by atoms with Crippen molar-refractivity contribution in [3.05, 3.63) is 74.7 Å². The standard InChI is InChI=1S/C21H18BrN3OS/c1-12-5-4-6-18(13(12)2)23-20(26)19-11-17-14(3)24-25(21(17)27-19)16-9-7-15(22)8-10-16/h4-11H,1-3H3,(H,23,26). The highest BCUT2D eigenvalue weighted by Crippen LogP contribution is 2.31. The lowest BCUT2D eigenvalue weighted by atomic mass is 10.1. The fourth-order valence-electron chi connectivity index (χ4n) is 2.99. The fourth-order valence-corrected chi connectivity index (χ4v) is 4.33. The van der Waals surface area contributed by atoms with E-state index in [2.05, 4.69) is 26.3 Å². The van der Waals surface area contributed by atoms with Crippen molar-refractivity contribution >= 4 is 49.1 Å². The number of rotatable bonds is 3. The van der Waals surface area contributed by atoms with Crippen LogP contribution < -0.4 is 5.32 Å². The molecule has 0 unspecified atom stereocenters. The van der Waals surface area contributed by atoms with Gasteiger partial charge in [0.2, 0.25) is 0 Å². The Labute approximate surface area is 170 Å². The van der Waals surface area contributed by atoms with Crippen LogP contribution in [0, 0.1) is 20.8 Å². The van der Waals surface area contributed by atoms with E-state index in [1.807, 2.05) is 74.0 Å². The maximum atomic E-state index is 12.8. The lowest BCUT2D eigenvalue weighted by Gasteiger charge is -2.09. The van der Waals surface area contributed by atoms with Crippen molar-refractivity contribution in [3.63, 3.8) is 0 Å². The zero-order valence-corrected chi connectivity index (χ0v) is 17.6. The van der Waals surface area contributed by atoms with E-state index in [9.17, 15) is 4.79 Å². The molecule has 1 N–H and O–H groups in total. The van der Waals surface area contributed by atoms with Crippen molar-refractivity contribution in [2.24, 2.45) is 0 Å². The molecule has 4 aromatic rings. The lowest BCUT2D eigenvalue weighted by molar-refractivity contribution is 0.103. The summed E-state index contributed by atoms with van der Waals surface area (Å²) < 4.78 is 2.92. The Kier molecular flexibility index (Phi) is 4.61. The van der Waals surface area contributed by atoms with Crippen LogP contribution in [0.25, 0.3) is 15.9 Å². The Morgan fingerprint density at radius 3 is 2.59 bits per heavy atom. The average molecular weight is 440 g/mol. The van der Waals surface area contributed by atoms with Gasteiger partial charge >= 0.3 is 0 Å². The smallest absolute Gasteiger partial charge is 0.265 e. The number of aryl methyl sites for hydroxylation is 2. The summed E-state index contributed by atoms with van der Waals surface area (Å²) in [6.45, 7) is 6.03. The molecule has 1 amide bonds. The lowest BCUT2D eigenvalue weighted by Crippen LogP contribution is -2.11. The second kappa shape index (κ2) is 6.94. The summed E-state index contributed by atoms with van der Waals surface area (Å²) in [7, 11) is 0. The van der Waals surface area contributed by atoms with E-state index < -0.39 is 0 Å². The first-order valence-corrected chi connectivity index (χ1v) is 10.2. The molecular weight excluding hydrogens is 422 g/mol. The predicted octanol–water partition coefficient (Wildman–Crippen LogP) is 6.03. The van der Waals surface area contributed by atoms with Crippen LogP contribution in [-0.2, 0) is 0 Å². The summed E-state index contributed by atoms with van der Waals surface area (Å²) in [4.78, 5) is 14.5. The van der Waals surface area contributed by atoms with Crippen molar-refractivity contribution in [2.75, 3.05) is 5.32 Å². The molecule has 0 aliphatic carbocycles. The molecule has 0 radical (unpaired) electrons. The minimum absolute atomic E-state index is 0.0911. The Bertz CT molecular complexity index is 1160. The second-order valence-corrected chi connectivity index (χ2v) is 8.45. The predicted molar refractivity (Wildman–Crippen MR) is 115 cm³/mol. The molecule has 4 nitrogen and oxygen atoms in total. The van der Waals surface area contributed by atoms with Crippen LogP contribution >= 0.6 is 27.3 Å². The van der Waals surface area contributed by atoms with Gasteiger partial charge in [-0.05, 0) is 68.3 Å². The third-order valence-electron chi connectivity index (χ3n) is 4.69. The van der Waals surface area contributed by atoms with Gasteiger partial charge < -0.3 is 5.32 Å². The van der Waals surface area contributed by atoms with Crippen LogP contribution in [0.15, 0.2) is 53.0 Å². The van der Waals surface area contributed by atoms with Gasteiger partial charge in [0.1, 0.15) is 4.83 Å². The van der Waals surface area contributed by atoms with Gasteiger partial charge in [0.05, 0.1) is 16.3 Å². The second-order valence-electron chi connectivity index (χ2n) is 6.50. The highest BCUT2D eigenvalue weighted by Gasteiger charge is 2.18. The molecule has 0 aliphatic rings. The average Bonchev–Trinajstić information content (AvgIpc) is 3.21. The van der Waals surface area contributed by atoms with Gasteiger partial charge in [0, 0.05) is 15.5 Å². The highest BCUT2D eigenvalue weighted by atomic mass is 79.9. The summed E-state index contributed by atoms with van der Waals surface area (Å²) in [6, 6.07) is 15.8. The molecule has 27 heavy (non-hydrogen) atoms. The third kappa shape index (κ3) is 3.31. The highest BCUT2D eigenvalue weighted by molar-refractivity contribution is 9.10. The van der Waals surface area contributed by atoms with Crippen molar-refractivity contribution < 1.29 is 4.79 Å². The summed E-state index contributed by atoms with van der Waals surface area (Å²) in [5.74, 6) is -0.0911. The molecule has 0 fully saturated rings. The van der Waals surface area contributed by atoms with E-state index in [0.29, 0.717) is 4.88 Å². The molecule has 2 aromatic carbocycles. The van der Waals surface area contributed by atoms with Gasteiger partial charge in [0.15, 0.2) is 0 Å². The van der Waals surface area contributed by atoms with Gasteiger partial charge in [-0.2, -0.15) is 5.10 Å². The zero-order chi connectivity index (χ0) is 19.1. The van der Waals surface area contributed by atoms with E-state index in [1.54, 1.807) is 0 Å². The number of carbonyl (C=O) groups excluding carboxylic acids is 1. The number of halogens is 1. The number of fused-ring (bicyclic) bond motifs is 1. The number of benzene rings is 2. The van der Waals surface area contributed by atoms with E-state index in [-0.39, 0.29) is 5.91 Å². The number of anilines is 1. The largest absolute Gasteiger partial charge is 0.321 e. The molecule has 0 aliphatic heterocycles. The number of thiophene rings is 1. The molecule has 4 rings (SSSR count). The number of nitrogens with zero attached hydrogens (tertiary/aromatic N) is 2. The molecule has 0 saturated heterocycles. The molecule has 0 saturated carbocycles. The molecule has 2 aromatic heterocycles. The van der Waals surface area contributed by atoms with Crippen LogP contribution in [0.1, 0.15) is 26.5 Å².